The standard InChI is InChI=1S/C63H115N2O7P/c1-7-10-13-16-19-22-25-27-28-29-30-31-32-33-34-35-36-38-40-43-46-49-52-55-62(66)64-60(59-71-73(68,69)70-58-57-65(4,5)6)61(54-51-48-45-42-39-24-21-18-15-12-9-3)72-63(67)56-53-50-47-44-41-37-26-23-20-17-14-11-8-2/h11,14,17,19-20,22-23,26-28,51,54,60-61H,7-10,12-13,15-16,18,21,24-25,29-50,52-53,55-59H2,1-6H3,(H-,64,66,68,69)/b14-11+,20-17+,22-19-,26-23-,28-27-,54-51-. The van der Waals surface area contributed by atoms with Crippen LogP contribution in [0.4, 0.5) is 0 Å². The molecule has 0 saturated heterocycles. The molecule has 1 amide bonds. The van der Waals surface area contributed by atoms with Crippen molar-refractivity contribution in [2.75, 3.05) is 40.9 Å². The first-order valence-corrected chi connectivity index (χ1v) is 31.7. The number of unbranched alkanes of at least 4 members (excludes halogenated alkanes) is 30. The lowest BCUT2D eigenvalue weighted by molar-refractivity contribution is -0.870. The number of rotatable bonds is 54. The molecule has 0 saturated carbocycles. The number of esters is 1. The molecule has 3 atom stereocenters. The van der Waals surface area contributed by atoms with E-state index in [9.17, 15) is 19.0 Å². The molecule has 1 N–H and O–H groups in total. The summed E-state index contributed by atoms with van der Waals surface area (Å²) in [7, 11) is 1.17. The van der Waals surface area contributed by atoms with Crippen LogP contribution in [0.2, 0.25) is 0 Å². The van der Waals surface area contributed by atoms with E-state index in [4.69, 9.17) is 13.8 Å². The van der Waals surface area contributed by atoms with Crippen molar-refractivity contribution in [3.63, 3.8) is 0 Å². The molecule has 0 spiro atoms. The first-order valence-electron chi connectivity index (χ1n) is 30.3. The highest BCUT2D eigenvalue weighted by molar-refractivity contribution is 7.45. The molecular formula is C63H115N2O7P. The number of allylic oxidation sites excluding steroid dienone is 11. The number of amides is 1. The predicted octanol–water partition coefficient (Wildman–Crippen LogP) is 17.8. The Morgan fingerprint density at radius 1 is 0.507 bits per heavy atom. The zero-order valence-electron chi connectivity index (χ0n) is 48.3. The zero-order chi connectivity index (χ0) is 53.6. The van der Waals surface area contributed by atoms with Crippen molar-refractivity contribution in [1.29, 1.82) is 0 Å². The zero-order valence-corrected chi connectivity index (χ0v) is 49.2. The Bertz CT molecular complexity index is 1480. The van der Waals surface area contributed by atoms with Gasteiger partial charge in [-0.1, -0.05) is 242 Å². The van der Waals surface area contributed by atoms with E-state index in [2.05, 4.69) is 86.8 Å². The molecule has 3 unspecified atom stereocenters. The van der Waals surface area contributed by atoms with Crippen LogP contribution in [0.15, 0.2) is 72.9 Å². The molecule has 0 aromatic heterocycles. The summed E-state index contributed by atoms with van der Waals surface area (Å²) in [4.78, 5) is 39.9. The van der Waals surface area contributed by atoms with E-state index in [0.29, 0.717) is 23.9 Å². The fraction of sp³-hybridized carbons (Fsp3) is 0.778. The maximum absolute atomic E-state index is 13.5. The second-order valence-corrected chi connectivity index (χ2v) is 22.9. The Balaban J connectivity index is 5.15. The van der Waals surface area contributed by atoms with E-state index in [1.165, 1.54) is 141 Å². The number of phosphoric acid groups is 1. The van der Waals surface area contributed by atoms with E-state index in [-0.39, 0.29) is 24.9 Å². The summed E-state index contributed by atoms with van der Waals surface area (Å²) in [5.74, 6) is -0.565. The van der Waals surface area contributed by atoms with Crippen LogP contribution >= 0.6 is 7.82 Å². The van der Waals surface area contributed by atoms with Gasteiger partial charge >= 0.3 is 5.97 Å². The lowest BCUT2D eigenvalue weighted by Gasteiger charge is -2.30. The lowest BCUT2D eigenvalue weighted by atomic mass is 10.0. The number of carbonyl (C=O) groups is 2. The predicted molar refractivity (Wildman–Crippen MR) is 312 cm³/mol. The van der Waals surface area contributed by atoms with Gasteiger partial charge in [0, 0.05) is 12.8 Å². The molecule has 0 aliphatic heterocycles. The van der Waals surface area contributed by atoms with E-state index in [1.54, 1.807) is 0 Å². The number of hydrogen-bond acceptors (Lipinski definition) is 7. The van der Waals surface area contributed by atoms with Crippen LogP contribution in [-0.2, 0) is 27.9 Å². The third-order valence-electron chi connectivity index (χ3n) is 13.2. The van der Waals surface area contributed by atoms with Crippen LogP contribution in [0.1, 0.15) is 265 Å². The molecule has 0 aliphatic rings. The summed E-state index contributed by atoms with van der Waals surface area (Å²) in [6.45, 7) is 6.67. The molecule has 0 bridgehead atoms. The first-order chi connectivity index (χ1) is 35.4. The van der Waals surface area contributed by atoms with E-state index >= 15 is 0 Å². The number of quaternary nitrogens is 1. The molecule has 0 aliphatic carbocycles. The summed E-state index contributed by atoms with van der Waals surface area (Å²) >= 11 is 0. The minimum absolute atomic E-state index is 0.0279. The van der Waals surface area contributed by atoms with Gasteiger partial charge in [0.2, 0.25) is 5.91 Å². The van der Waals surface area contributed by atoms with Gasteiger partial charge in [-0.15, -0.1) is 0 Å². The van der Waals surface area contributed by atoms with Crippen molar-refractivity contribution in [3.8, 4) is 0 Å². The van der Waals surface area contributed by atoms with Gasteiger partial charge < -0.3 is 28.5 Å². The third-order valence-corrected chi connectivity index (χ3v) is 14.1. The molecule has 9 nitrogen and oxygen atoms in total. The van der Waals surface area contributed by atoms with Crippen LogP contribution in [0.5, 0.6) is 0 Å². The highest BCUT2D eigenvalue weighted by Gasteiger charge is 2.27. The normalized spacial score (nSPS) is 14.2. The highest BCUT2D eigenvalue weighted by atomic mass is 31.2. The highest BCUT2D eigenvalue weighted by Crippen LogP contribution is 2.38. The first kappa shape index (κ1) is 70.5. The summed E-state index contributed by atoms with van der Waals surface area (Å²) < 4.78 is 30.2. The Hall–Kier alpha value is -2.55. The van der Waals surface area contributed by atoms with Gasteiger partial charge in [0.25, 0.3) is 7.82 Å². The minimum atomic E-state index is -4.70. The van der Waals surface area contributed by atoms with Gasteiger partial charge in [0.05, 0.1) is 33.8 Å². The smallest absolute Gasteiger partial charge is 0.306 e. The number of carbonyl (C=O) groups excluding carboxylic acids is 2. The number of nitrogens with zero attached hydrogens (tertiary/aromatic N) is 1. The van der Waals surface area contributed by atoms with Crippen molar-refractivity contribution >= 4 is 19.7 Å². The van der Waals surface area contributed by atoms with Crippen molar-refractivity contribution in [1.82, 2.24) is 5.32 Å². The van der Waals surface area contributed by atoms with E-state index < -0.39 is 26.6 Å². The van der Waals surface area contributed by atoms with Crippen molar-refractivity contribution < 1.29 is 37.3 Å². The second-order valence-electron chi connectivity index (χ2n) is 21.5. The minimum Gasteiger partial charge on any atom is -0.756 e. The molecule has 0 rings (SSSR count). The topological polar surface area (TPSA) is 114 Å². The SMILES string of the molecule is CC/C=C/C=C/C=C\CCCCCCCC(=O)OC(/C=C\CCCCCCCCCCC)C(COP(=O)([O-])OCC[N+](C)(C)C)NC(=O)CCCCCCCCCCCCCCC/C=C\C/C=C\CCCCC. The van der Waals surface area contributed by atoms with Gasteiger partial charge in [0.15, 0.2) is 0 Å². The van der Waals surface area contributed by atoms with E-state index in [1.807, 2.05) is 33.3 Å². The van der Waals surface area contributed by atoms with Crippen LogP contribution in [-0.4, -0.2) is 69.4 Å². The van der Waals surface area contributed by atoms with Crippen molar-refractivity contribution in [2.45, 2.75) is 277 Å². The quantitative estimate of drug-likeness (QED) is 0.0161. The number of ether oxygens (including phenoxy) is 1. The maximum atomic E-state index is 13.5. The molecule has 0 aromatic rings. The average Bonchev–Trinajstić information content (AvgIpc) is 3.35. The molecule has 0 heterocycles. The maximum Gasteiger partial charge on any atom is 0.306 e. The number of phosphoric ester groups is 1. The third kappa shape index (κ3) is 54.1. The Morgan fingerprint density at radius 2 is 0.932 bits per heavy atom. The van der Waals surface area contributed by atoms with Gasteiger partial charge in [-0.25, -0.2) is 0 Å². The average molecular weight is 1040 g/mol. The van der Waals surface area contributed by atoms with Gasteiger partial charge in [-0.2, -0.15) is 0 Å². The van der Waals surface area contributed by atoms with Crippen LogP contribution in [0.25, 0.3) is 0 Å². The van der Waals surface area contributed by atoms with Gasteiger partial charge in [-0.05, 0) is 83.1 Å². The summed E-state index contributed by atoms with van der Waals surface area (Å²) in [6.07, 6.45) is 67.3. The van der Waals surface area contributed by atoms with Crippen LogP contribution < -0.4 is 10.2 Å². The number of likely N-dealkylation sites (N-methyl/N-ethyl adjacent to an activating group) is 1. The van der Waals surface area contributed by atoms with Crippen LogP contribution in [0.3, 0.4) is 0 Å². The van der Waals surface area contributed by atoms with Crippen molar-refractivity contribution in [3.05, 3.63) is 72.9 Å². The summed E-state index contributed by atoms with van der Waals surface area (Å²) in [6, 6.07) is -0.898. The largest absolute Gasteiger partial charge is 0.756 e. The summed E-state index contributed by atoms with van der Waals surface area (Å²) in [5, 5.41) is 3.02. The van der Waals surface area contributed by atoms with E-state index in [0.717, 1.165) is 83.5 Å². The molecule has 424 valence electrons. The Labute approximate surface area is 451 Å². The summed E-state index contributed by atoms with van der Waals surface area (Å²) in [5.41, 5.74) is 0. The van der Waals surface area contributed by atoms with Gasteiger partial charge in [-0.3, -0.25) is 14.2 Å². The second kappa shape index (κ2) is 52.9. The Kier molecular flexibility index (Phi) is 51.0. The fourth-order valence-corrected chi connectivity index (χ4v) is 9.22. The molecular weight excluding hydrogens is 928 g/mol. The van der Waals surface area contributed by atoms with Crippen molar-refractivity contribution in [2.24, 2.45) is 0 Å². The molecule has 10 heteroatoms. The van der Waals surface area contributed by atoms with Crippen LogP contribution in [0, 0.1) is 0 Å². The monoisotopic (exact) mass is 1040 g/mol. The Morgan fingerprint density at radius 3 is 1.44 bits per heavy atom. The van der Waals surface area contributed by atoms with Gasteiger partial charge in [0.1, 0.15) is 19.3 Å². The molecule has 0 aromatic carbocycles. The molecule has 73 heavy (non-hydrogen) atoms. The number of nitrogens with one attached hydrogen (secondary N) is 1. The molecule has 0 radical (unpaired) electrons. The molecule has 0 fully saturated rings. The number of hydrogen-bond donors (Lipinski definition) is 1. The fourth-order valence-electron chi connectivity index (χ4n) is 8.49. The lowest BCUT2D eigenvalue weighted by Crippen LogP contribution is -2.47.